The summed E-state index contributed by atoms with van der Waals surface area (Å²) in [5.74, 6) is -6.52. The maximum atomic E-state index is 13.4. The fourth-order valence-corrected chi connectivity index (χ4v) is 3.04. The van der Waals surface area contributed by atoms with Crippen molar-refractivity contribution in [1.29, 1.82) is 0 Å². The third-order valence-corrected chi connectivity index (χ3v) is 4.12. The maximum Gasteiger partial charge on any atom is 0.573 e. The van der Waals surface area contributed by atoms with E-state index >= 15 is 0 Å². The van der Waals surface area contributed by atoms with Crippen molar-refractivity contribution in [3.05, 3.63) is 43.6 Å². The lowest BCUT2D eigenvalue weighted by Gasteiger charge is -2.19. The number of benzene rings is 1. The second-order valence-corrected chi connectivity index (χ2v) is 6.34. The number of rotatable bonds is 4. The monoisotopic (exact) mass is 504 g/mol. The van der Waals surface area contributed by atoms with Gasteiger partial charge in [0.05, 0.1) is 10.0 Å². The van der Waals surface area contributed by atoms with Crippen molar-refractivity contribution >= 4 is 33.7 Å². The predicted molar refractivity (Wildman–Crippen MR) is 90.2 cm³/mol. The zero-order valence-electron chi connectivity index (χ0n) is 13.9. The molecule has 0 fully saturated rings. The number of hydrogen-bond donors (Lipinski definition) is 4. The molecule has 0 spiro atoms. The van der Waals surface area contributed by atoms with Gasteiger partial charge in [-0.25, -0.2) is 9.59 Å². The lowest BCUT2D eigenvalue weighted by atomic mass is 9.94. The quantitative estimate of drug-likeness (QED) is 0.465. The number of carboxylic acid groups (broad SMARTS) is 2. The van der Waals surface area contributed by atoms with E-state index in [0.29, 0.717) is 6.07 Å². The van der Waals surface area contributed by atoms with Gasteiger partial charge < -0.3 is 25.7 Å². The van der Waals surface area contributed by atoms with Gasteiger partial charge >= 0.3 is 24.5 Å². The number of aromatic nitrogens is 1. The molecule has 2 rings (SSSR count). The van der Waals surface area contributed by atoms with E-state index in [1.807, 2.05) is 0 Å². The highest BCUT2D eigenvalue weighted by atomic mass is 79.9. The molecule has 0 bridgehead atoms. The molecule has 2 aromatic rings. The van der Waals surface area contributed by atoms with Crippen LogP contribution >= 0.6 is 15.9 Å². The predicted octanol–water partition coefficient (Wildman–Crippen LogP) is 3.70. The summed E-state index contributed by atoms with van der Waals surface area (Å²) in [6.07, 6.45) is -11.0. The van der Waals surface area contributed by atoms with Crippen molar-refractivity contribution < 1.29 is 50.9 Å². The Balaban J connectivity index is 3.03. The number of pyridine rings is 1. The molecule has 162 valence electrons. The number of carbonyl (C=O) groups is 2. The highest BCUT2D eigenvalue weighted by molar-refractivity contribution is 9.10. The Labute approximate surface area is 169 Å². The zero-order chi connectivity index (χ0) is 23.2. The largest absolute Gasteiger partial charge is 0.573 e. The highest BCUT2D eigenvalue weighted by Gasteiger charge is 2.41. The van der Waals surface area contributed by atoms with E-state index in [9.17, 15) is 50.9 Å². The van der Waals surface area contributed by atoms with Crippen molar-refractivity contribution in [2.75, 3.05) is 5.73 Å². The van der Waals surface area contributed by atoms with Gasteiger partial charge in [0.25, 0.3) is 5.56 Å². The molecule has 15 heteroatoms. The molecule has 0 aliphatic heterocycles. The van der Waals surface area contributed by atoms with Crippen molar-refractivity contribution in [3.8, 4) is 16.9 Å². The van der Waals surface area contributed by atoms with Crippen LogP contribution in [-0.2, 0) is 6.18 Å². The van der Waals surface area contributed by atoms with Crippen LogP contribution in [0.25, 0.3) is 11.1 Å². The molecule has 30 heavy (non-hydrogen) atoms. The number of carboxylic acids is 2. The fourth-order valence-electron chi connectivity index (χ4n) is 2.50. The summed E-state index contributed by atoms with van der Waals surface area (Å²) < 4.78 is 80.2. The Morgan fingerprint density at radius 3 is 2.00 bits per heavy atom. The molecule has 0 aliphatic carbocycles. The van der Waals surface area contributed by atoms with Crippen molar-refractivity contribution in [1.82, 2.24) is 4.98 Å². The van der Waals surface area contributed by atoms with Crippen molar-refractivity contribution in [2.45, 2.75) is 12.5 Å². The van der Waals surface area contributed by atoms with Gasteiger partial charge in [0.2, 0.25) is 0 Å². The average Bonchev–Trinajstić information content (AvgIpc) is 2.52. The van der Waals surface area contributed by atoms with E-state index in [-0.39, 0.29) is 6.07 Å². The third-order valence-electron chi connectivity index (χ3n) is 3.53. The second-order valence-electron chi connectivity index (χ2n) is 5.48. The number of anilines is 1. The van der Waals surface area contributed by atoms with Crippen LogP contribution in [0.2, 0.25) is 0 Å². The SMILES string of the molecule is Nc1[nH]c(=O)c(C(=O)O)c(-c2cc(Br)c(OC(F)(F)F)c(C(F)(F)F)c2)c1C(=O)O. The lowest BCUT2D eigenvalue weighted by molar-refractivity contribution is -0.276. The topological polar surface area (TPSA) is 143 Å². The number of ether oxygens (including phenoxy) is 1. The molecule has 0 amide bonds. The molecule has 0 saturated heterocycles. The van der Waals surface area contributed by atoms with Gasteiger partial charge in [0, 0.05) is 5.56 Å². The Morgan fingerprint density at radius 2 is 1.57 bits per heavy atom. The minimum absolute atomic E-state index is 0.0128. The van der Waals surface area contributed by atoms with E-state index < -0.39 is 73.9 Å². The zero-order valence-corrected chi connectivity index (χ0v) is 15.5. The number of nitrogens with two attached hydrogens (primary N) is 1. The molecule has 0 saturated carbocycles. The number of aromatic amines is 1. The molecule has 0 unspecified atom stereocenters. The van der Waals surface area contributed by atoms with Gasteiger partial charge in [-0.2, -0.15) is 13.2 Å². The molecule has 0 radical (unpaired) electrons. The van der Waals surface area contributed by atoms with Gasteiger partial charge in [-0.1, -0.05) is 0 Å². The van der Waals surface area contributed by atoms with Crippen LogP contribution < -0.4 is 16.0 Å². The van der Waals surface area contributed by atoms with Crippen molar-refractivity contribution in [3.63, 3.8) is 0 Å². The minimum atomic E-state index is -5.52. The standard InChI is InChI=1S/C15H7BrF6N2O6/c16-5-2-3(1-4(14(17,18)19)9(5)30-15(20,21)22)6-7(12(26)27)10(23)24-11(25)8(6)13(28)29/h1-2H,(H,26,27)(H,28,29)(H3,23,24,25). The van der Waals surface area contributed by atoms with E-state index in [2.05, 4.69) is 20.7 Å². The average molecular weight is 505 g/mol. The molecule has 8 nitrogen and oxygen atoms in total. The number of alkyl halides is 6. The Morgan fingerprint density at radius 1 is 1.03 bits per heavy atom. The Kier molecular flexibility index (Phi) is 5.80. The molecule has 1 aromatic heterocycles. The van der Waals surface area contributed by atoms with Crippen LogP contribution in [0, 0.1) is 0 Å². The summed E-state index contributed by atoms with van der Waals surface area (Å²) in [6, 6.07) is 0.544. The number of nitrogen functional groups attached to an aromatic ring is 1. The van der Waals surface area contributed by atoms with E-state index in [0.717, 1.165) is 0 Å². The number of halogens is 7. The smallest absolute Gasteiger partial charge is 0.478 e. The Hall–Kier alpha value is -3.23. The number of hydrogen-bond acceptors (Lipinski definition) is 5. The first-order valence-electron chi connectivity index (χ1n) is 7.23. The van der Waals surface area contributed by atoms with Crippen LogP contribution in [0.3, 0.4) is 0 Å². The summed E-state index contributed by atoms with van der Waals surface area (Å²) in [5.41, 5.74) is -2.36. The molecule has 1 heterocycles. The molecule has 0 atom stereocenters. The first kappa shape index (κ1) is 23.1. The van der Waals surface area contributed by atoms with Crippen molar-refractivity contribution in [2.24, 2.45) is 0 Å². The summed E-state index contributed by atoms with van der Waals surface area (Å²) in [5, 5.41) is 18.6. The second kappa shape index (κ2) is 7.55. The fraction of sp³-hybridized carbons (Fsp3) is 0.133. The van der Waals surface area contributed by atoms with Crippen LogP contribution in [0.15, 0.2) is 21.4 Å². The van der Waals surface area contributed by atoms with Gasteiger partial charge in [-0.15, -0.1) is 13.2 Å². The van der Waals surface area contributed by atoms with Crippen LogP contribution in [0.5, 0.6) is 5.75 Å². The minimum Gasteiger partial charge on any atom is -0.478 e. The Bertz CT molecular complexity index is 1110. The van der Waals surface area contributed by atoms with Gasteiger partial charge in [-0.05, 0) is 33.6 Å². The van der Waals surface area contributed by atoms with Gasteiger partial charge in [0.15, 0.2) is 5.75 Å². The van der Waals surface area contributed by atoms with Gasteiger partial charge in [0.1, 0.15) is 16.9 Å². The normalized spacial score (nSPS) is 12.0. The van der Waals surface area contributed by atoms with Crippen LogP contribution in [0.1, 0.15) is 26.3 Å². The summed E-state index contributed by atoms with van der Waals surface area (Å²) in [7, 11) is 0. The molecule has 0 aliphatic rings. The third kappa shape index (κ3) is 4.50. The van der Waals surface area contributed by atoms with Crippen LogP contribution in [-0.4, -0.2) is 33.5 Å². The molecular weight excluding hydrogens is 498 g/mol. The van der Waals surface area contributed by atoms with E-state index in [4.69, 9.17) is 5.73 Å². The maximum absolute atomic E-state index is 13.4. The molecule has 1 aromatic carbocycles. The van der Waals surface area contributed by atoms with E-state index in [1.54, 1.807) is 4.98 Å². The first-order valence-corrected chi connectivity index (χ1v) is 8.03. The number of aromatic carboxylic acids is 2. The lowest BCUT2D eigenvalue weighted by Crippen LogP contribution is -2.24. The van der Waals surface area contributed by atoms with Gasteiger partial charge in [-0.3, -0.25) is 4.79 Å². The highest BCUT2D eigenvalue weighted by Crippen LogP contribution is 2.45. The van der Waals surface area contributed by atoms with Crippen LogP contribution in [0.4, 0.5) is 32.2 Å². The summed E-state index contributed by atoms with van der Waals surface area (Å²) in [4.78, 5) is 36.7. The summed E-state index contributed by atoms with van der Waals surface area (Å²) in [6.45, 7) is 0. The first-order chi connectivity index (χ1) is 13.5. The molecular formula is C15H7BrF6N2O6. The number of H-pyrrole nitrogens is 1. The van der Waals surface area contributed by atoms with E-state index in [1.165, 1.54) is 0 Å². The molecule has 5 N–H and O–H groups in total. The number of nitrogens with one attached hydrogen (secondary N) is 1. The summed E-state index contributed by atoms with van der Waals surface area (Å²) >= 11 is 2.46.